The number of quaternary nitrogens is 2. The van der Waals surface area contributed by atoms with Crippen molar-refractivity contribution in [1.29, 1.82) is 0 Å². The van der Waals surface area contributed by atoms with Crippen LogP contribution < -0.4 is 15.1 Å². The van der Waals surface area contributed by atoms with Crippen molar-refractivity contribution in [3.05, 3.63) is 29.3 Å². The summed E-state index contributed by atoms with van der Waals surface area (Å²) in [6.07, 6.45) is 3.55. The van der Waals surface area contributed by atoms with Gasteiger partial charge in [-0.2, -0.15) is 0 Å². The predicted octanol–water partition coefficient (Wildman–Crippen LogP) is -0.962. The highest BCUT2D eigenvalue weighted by molar-refractivity contribution is 5.93. The molecule has 2 heterocycles. The van der Waals surface area contributed by atoms with E-state index in [4.69, 9.17) is 0 Å². The molecular weight excluding hydrogens is 340 g/mol. The zero-order valence-electron chi connectivity index (χ0n) is 16.8. The topological polar surface area (TPSA) is 58.3 Å². The highest BCUT2D eigenvalue weighted by Gasteiger charge is 2.28. The second kappa shape index (κ2) is 9.33. The first-order valence-corrected chi connectivity index (χ1v) is 10.3. The van der Waals surface area contributed by atoms with Crippen molar-refractivity contribution in [2.75, 3.05) is 57.7 Å². The van der Waals surface area contributed by atoms with Crippen LogP contribution in [-0.4, -0.2) is 69.1 Å². The van der Waals surface area contributed by atoms with Crippen molar-refractivity contribution in [1.82, 2.24) is 4.90 Å². The standard InChI is InChI=1S/C21H32N4O2/c1-17-7-6-8-18(2)21(17)22-19(26)15-23-11-13-24(14-12-23)16-20(27)25-9-4-3-5-10-25/h6-8H,3-5,9-16H2,1-2H3,(H,22,26)/p+2. The van der Waals surface area contributed by atoms with Gasteiger partial charge in [0.25, 0.3) is 11.8 Å². The molecule has 0 spiro atoms. The number of carbonyl (C=O) groups excluding carboxylic acids is 2. The molecule has 0 aliphatic carbocycles. The number of nitrogens with one attached hydrogen (secondary N) is 3. The van der Waals surface area contributed by atoms with Gasteiger partial charge in [-0.1, -0.05) is 18.2 Å². The monoisotopic (exact) mass is 374 g/mol. The van der Waals surface area contributed by atoms with Gasteiger partial charge in [0.1, 0.15) is 26.2 Å². The Bertz CT molecular complexity index is 642. The summed E-state index contributed by atoms with van der Waals surface area (Å²) < 4.78 is 0. The first kappa shape index (κ1) is 19.8. The molecule has 2 aliphatic heterocycles. The summed E-state index contributed by atoms with van der Waals surface area (Å²) in [4.78, 5) is 29.6. The first-order chi connectivity index (χ1) is 13.0. The molecule has 2 amide bonds. The fourth-order valence-electron chi connectivity index (χ4n) is 4.20. The van der Waals surface area contributed by atoms with Crippen molar-refractivity contribution in [3.8, 4) is 0 Å². The van der Waals surface area contributed by atoms with E-state index in [1.165, 1.54) is 16.2 Å². The maximum Gasteiger partial charge on any atom is 0.279 e. The van der Waals surface area contributed by atoms with Gasteiger partial charge in [0, 0.05) is 18.8 Å². The zero-order valence-corrected chi connectivity index (χ0v) is 16.8. The number of nitrogens with zero attached hydrogens (tertiary/aromatic N) is 1. The van der Waals surface area contributed by atoms with E-state index in [0.717, 1.165) is 68.9 Å². The lowest BCUT2D eigenvalue weighted by Crippen LogP contribution is -3.28. The Kier molecular flexibility index (Phi) is 6.85. The van der Waals surface area contributed by atoms with Crippen LogP contribution in [-0.2, 0) is 9.59 Å². The normalized spacial score (nSPS) is 23.1. The Morgan fingerprint density at radius 1 is 0.926 bits per heavy atom. The van der Waals surface area contributed by atoms with Crippen molar-refractivity contribution in [2.24, 2.45) is 0 Å². The lowest BCUT2D eigenvalue weighted by Gasteiger charge is -2.32. The van der Waals surface area contributed by atoms with Gasteiger partial charge in [-0.25, -0.2) is 0 Å². The molecule has 1 aromatic rings. The molecule has 0 saturated carbocycles. The number of rotatable bonds is 5. The van der Waals surface area contributed by atoms with Gasteiger partial charge in [0.15, 0.2) is 13.1 Å². The van der Waals surface area contributed by atoms with E-state index >= 15 is 0 Å². The Balaban J connectivity index is 1.41. The van der Waals surface area contributed by atoms with Gasteiger partial charge in [0.2, 0.25) is 0 Å². The minimum atomic E-state index is 0.0789. The highest BCUT2D eigenvalue weighted by atomic mass is 16.2. The number of anilines is 1. The molecule has 3 rings (SSSR count). The van der Waals surface area contributed by atoms with Gasteiger partial charge < -0.3 is 20.0 Å². The summed E-state index contributed by atoms with van der Waals surface area (Å²) in [5.74, 6) is 0.385. The third-order valence-electron chi connectivity index (χ3n) is 5.93. The number of aryl methyl sites for hydroxylation is 2. The minimum Gasteiger partial charge on any atom is -0.338 e. The van der Waals surface area contributed by atoms with E-state index in [2.05, 4.69) is 5.32 Å². The Labute approximate surface area is 162 Å². The second-order valence-electron chi connectivity index (χ2n) is 8.11. The zero-order chi connectivity index (χ0) is 19.2. The van der Waals surface area contributed by atoms with Crippen molar-refractivity contribution >= 4 is 17.5 Å². The molecule has 0 bridgehead atoms. The Hall–Kier alpha value is -1.92. The number of benzene rings is 1. The Morgan fingerprint density at radius 3 is 2.07 bits per heavy atom. The van der Waals surface area contributed by atoms with Crippen LogP contribution in [0.3, 0.4) is 0 Å². The summed E-state index contributed by atoms with van der Waals surface area (Å²) >= 11 is 0. The molecule has 0 aromatic heterocycles. The molecule has 6 heteroatoms. The van der Waals surface area contributed by atoms with Gasteiger partial charge >= 0.3 is 0 Å². The van der Waals surface area contributed by atoms with Gasteiger partial charge in [-0.05, 0) is 44.2 Å². The van der Waals surface area contributed by atoms with E-state index in [1.54, 1.807) is 0 Å². The third-order valence-corrected chi connectivity index (χ3v) is 5.93. The molecule has 2 fully saturated rings. The van der Waals surface area contributed by atoms with Crippen LogP contribution in [0, 0.1) is 13.8 Å². The molecule has 148 valence electrons. The molecule has 3 N–H and O–H groups in total. The summed E-state index contributed by atoms with van der Waals surface area (Å²) in [5, 5.41) is 3.08. The smallest absolute Gasteiger partial charge is 0.279 e. The van der Waals surface area contributed by atoms with Crippen molar-refractivity contribution < 1.29 is 19.4 Å². The molecule has 0 atom stereocenters. The summed E-state index contributed by atoms with van der Waals surface area (Å²) in [5.41, 5.74) is 3.14. The molecule has 2 saturated heterocycles. The molecule has 1 aromatic carbocycles. The van der Waals surface area contributed by atoms with Crippen LogP contribution >= 0.6 is 0 Å². The largest absolute Gasteiger partial charge is 0.338 e. The molecule has 0 unspecified atom stereocenters. The summed E-state index contributed by atoms with van der Waals surface area (Å²) in [6, 6.07) is 6.06. The number of hydrogen-bond donors (Lipinski definition) is 3. The van der Waals surface area contributed by atoms with Crippen molar-refractivity contribution in [3.63, 3.8) is 0 Å². The van der Waals surface area contributed by atoms with Crippen LogP contribution in [0.4, 0.5) is 5.69 Å². The first-order valence-electron chi connectivity index (χ1n) is 10.3. The maximum atomic E-state index is 12.5. The number of likely N-dealkylation sites (tertiary alicyclic amines) is 1. The molecular formula is C21H34N4O2+2. The average Bonchev–Trinajstić information content (AvgIpc) is 2.67. The third kappa shape index (κ3) is 5.53. The van der Waals surface area contributed by atoms with Crippen LogP contribution in [0.15, 0.2) is 18.2 Å². The van der Waals surface area contributed by atoms with Gasteiger partial charge in [0.05, 0.1) is 0 Å². The lowest BCUT2D eigenvalue weighted by molar-refractivity contribution is -1.00. The van der Waals surface area contributed by atoms with E-state index in [-0.39, 0.29) is 5.91 Å². The van der Waals surface area contributed by atoms with E-state index in [1.807, 2.05) is 36.9 Å². The van der Waals surface area contributed by atoms with Crippen LogP contribution in [0.25, 0.3) is 0 Å². The van der Waals surface area contributed by atoms with E-state index < -0.39 is 0 Å². The average molecular weight is 375 g/mol. The summed E-state index contributed by atoms with van der Waals surface area (Å²) in [6.45, 7) is 10.9. The number of piperidine rings is 1. The van der Waals surface area contributed by atoms with Gasteiger partial charge in [-0.15, -0.1) is 0 Å². The minimum absolute atomic E-state index is 0.0789. The fourth-order valence-corrected chi connectivity index (χ4v) is 4.20. The molecule has 6 nitrogen and oxygen atoms in total. The van der Waals surface area contributed by atoms with Crippen LogP contribution in [0.2, 0.25) is 0 Å². The molecule has 27 heavy (non-hydrogen) atoms. The maximum absolute atomic E-state index is 12.5. The number of piperazine rings is 1. The number of para-hydroxylation sites is 1. The molecule has 0 radical (unpaired) electrons. The number of carbonyl (C=O) groups is 2. The van der Waals surface area contributed by atoms with Gasteiger partial charge in [-0.3, -0.25) is 9.59 Å². The van der Waals surface area contributed by atoms with Crippen LogP contribution in [0.1, 0.15) is 30.4 Å². The predicted molar refractivity (Wildman–Crippen MR) is 106 cm³/mol. The summed E-state index contributed by atoms with van der Waals surface area (Å²) in [7, 11) is 0. The molecule has 2 aliphatic rings. The van der Waals surface area contributed by atoms with E-state index in [9.17, 15) is 9.59 Å². The number of hydrogen-bond acceptors (Lipinski definition) is 2. The fraction of sp³-hybridized carbons (Fsp3) is 0.619. The van der Waals surface area contributed by atoms with E-state index in [0.29, 0.717) is 19.0 Å². The second-order valence-corrected chi connectivity index (χ2v) is 8.11. The number of amides is 2. The quantitative estimate of drug-likeness (QED) is 0.622. The lowest BCUT2D eigenvalue weighted by atomic mass is 10.1. The Morgan fingerprint density at radius 2 is 1.48 bits per heavy atom. The SMILES string of the molecule is Cc1cccc(C)c1NC(=O)C[NH+]1CC[NH+](CC(=O)N2CCCCC2)CC1. The van der Waals surface area contributed by atoms with Crippen LogP contribution in [0.5, 0.6) is 0 Å². The highest BCUT2D eigenvalue weighted by Crippen LogP contribution is 2.18. The van der Waals surface area contributed by atoms with Crippen molar-refractivity contribution in [2.45, 2.75) is 33.1 Å².